The molecule has 0 aromatic heterocycles. The Morgan fingerprint density at radius 2 is 1.60 bits per heavy atom. The molecule has 0 amide bonds. The first-order chi connectivity index (χ1) is 27.6. The predicted molar refractivity (Wildman–Crippen MR) is 236 cm³/mol. The Morgan fingerprint density at radius 1 is 0.877 bits per heavy atom. The number of hydrogen-bond acceptors (Lipinski definition) is 5. The monoisotopic (exact) mass is 774 g/mol. The summed E-state index contributed by atoms with van der Waals surface area (Å²) in [6.45, 7) is 19.8. The highest BCUT2D eigenvalue weighted by molar-refractivity contribution is 6.10. The molecule has 1 aliphatic carbocycles. The molecule has 3 unspecified atom stereocenters. The summed E-state index contributed by atoms with van der Waals surface area (Å²) < 4.78 is 10.2. The number of ether oxygens (including phenoxy) is 1. The normalized spacial score (nSPS) is 28.0. The summed E-state index contributed by atoms with van der Waals surface area (Å²) in [5, 5.41) is 9.75. The summed E-state index contributed by atoms with van der Waals surface area (Å²) in [5.74, 6) is -0.742. The molecule has 57 heavy (non-hydrogen) atoms. The Morgan fingerprint density at radius 3 is 2.33 bits per heavy atom. The Kier molecular flexibility index (Phi) is 13.0. The molecule has 0 spiro atoms. The fraction of sp³-hybridized carbons (Fsp3) is 0.560. The lowest BCUT2D eigenvalue weighted by molar-refractivity contribution is -0.539. The van der Waals surface area contributed by atoms with E-state index in [1.54, 1.807) is 0 Å². The molecule has 7 rings (SSSR count). The van der Waals surface area contributed by atoms with Crippen LogP contribution in [0.1, 0.15) is 130 Å². The largest absolute Gasteiger partial charge is 0.481 e. The maximum absolute atomic E-state index is 11.9. The SMILES string of the molecule is CCCN1C(=C/C=C2\CCC/C3=C\C=C4\N(CCC)c5ccccc5C4(C)OC(CCCC(=O)O)C[N+](CCCN4CCCCC4C)=C23)C(C)(C)c2ccccc21. The lowest BCUT2D eigenvalue weighted by Gasteiger charge is -2.35. The molecule has 3 atom stereocenters. The average molecular weight is 774 g/mol. The number of benzene rings is 2. The van der Waals surface area contributed by atoms with Gasteiger partial charge in [0.15, 0.2) is 6.54 Å². The molecule has 2 aromatic rings. The molecule has 5 aliphatic rings. The number of allylic oxidation sites excluding steroid dienone is 7. The first-order valence-electron chi connectivity index (χ1n) is 22.4. The number of aliphatic carboxylic acids is 1. The van der Waals surface area contributed by atoms with Crippen molar-refractivity contribution in [3.63, 3.8) is 0 Å². The zero-order valence-corrected chi connectivity index (χ0v) is 35.9. The van der Waals surface area contributed by atoms with Crippen LogP contribution in [0, 0.1) is 0 Å². The van der Waals surface area contributed by atoms with Crippen LogP contribution in [0.4, 0.5) is 11.4 Å². The molecule has 0 radical (unpaired) electrons. The second-order valence-corrected chi connectivity index (χ2v) is 17.9. The van der Waals surface area contributed by atoms with Crippen LogP contribution < -0.4 is 9.80 Å². The number of carbonyl (C=O) groups is 1. The Bertz CT molecular complexity index is 1940. The van der Waals surface area contributed by atoms with Crippen LogP contribution in [0.5, 0.6) is 0 Å². The summed E-state index contributed by atoms with van der Waals surface area (Å²) in [6.07, 6.45) is 21.3. The second kappa shape index (κ2) is 17.9. The summed E-state index contributed by atoms with van der Waals surface area (Å²) in [7, 11) is 0. The number of nitrogens with zero attached hydrogens (tertiary/aromatic N) is 4. The summed E-state index contributed by atoms with van der Waals surface area (Å²) in [4.78, 5) is 19.6. The van der Waals surface area contributed by atoms with Gasteiger partial charge in [-0.15, -0.1) is 0 Å². The number of hydrogen-bond donors (Lipinski definition) is 1. The molecule has 2 aromatic carbocycles. The third-order valence-corrected chi connectivity index (χ3v) is 13.4. The van der Waals surface area contributed by atoms with E-state index in [2.05, 4.69) is 134 Å². The lowest BCUT2D eigenvalue weighted by atomic mass is 9.82. The van der Waals surface area contributed by atoms with Crippen molar-refractivity contribution in [2.24, 2.45) is 0 Å². The van der Waals surface area contributed by atoms with Gasteiger partial charge in [0, 0.05) is 77.7 Å². The van der Waals surface area contributed by atoms with Crippen LogP contribution in [0.2, 0.25) is 0 Å². The van der Waals surface area contributed by atoms with E-state index in [0.29, 0.717) is 18.9 Å². The van der Waals surface area contributed by atoms with Crippen molar-refractivity contribution in [3.05, 3.63) is 107 Å². The van der Waals surface area contributed by atoms with E-state index in [-0.39, 0.29) is 17.9 Å². The van der Waals surface area contributed by atoms with Gasteiger partial charge in [-0.25, -0.2) is 4.58 Å². The number of carboxylic acid groups (broad SMARTS) is 1. The Hall–Kier alpha value is -3.94. The lowest BCUT2D eigenvalue weighted by Crippen LogP contribution is -2.42. The van der Waals surface area contributed by atoms with Crippen LogP contribution >= 0.6 is 0 Å². The maximum atomic E-state index is 11.9. The van der Waals surface area contributed by atoms with Crippen LogP contribution in [-0.4, -0.2) is 77.7 Å². The molecule has 4 heterocycles. The van der Waals surface area contributed by atoms with Crippen molar-refractivity contribution in [3.8, 4) is 0 Å². The molecule has 0 bridgehead atoms. The first-order valence-corrected chi connectivity index (χ1v) is 22.4. The molecule has 7 heteroatoms. The topological polar surface area (TPSA) is 59.3 Å². The van der Waals surface area contributed by atoms with Crippen LogP contribution in [0.15, 0.2) is 95.4 Å². The molecular weight excluding hydrogens is 705 g/mol. The number of carboxylic acids is 1. The summed E-state index contributed by atoms with van der Waals surface area (Å²) in [5.41, 5.74) is 11.1. The molecule has 7 nitrogen and oxygen atoms in total. The van der Waals surface area contributed by atoms with Crippen molar-refractivity contribution in [2.45, 2.75) is 142 Å². The minimum atomic E-state index is -0.742. The number of fused-ring (bicyclic) bond motifs is 5. The highest BCUT2D eigenvalue weighted by Crippen LogP contribution is 2.50. The van der Waals surface area contributed by atoms with E-state index in [1.807, 2.05) is 0 Å². The van der Waals surface area contributed by atoms with Crippen molar-refractivity contribution >= 4 is 23.1 Å². The highest BCUT2D eigenvalue weighted by Gasteiger charge is 2.47. The highest BCUT2D eigenvalue weighted by atomic mass is 16.5. The maximum Gasteiger partial charge on any atom is 0.303 e. The molecule has 1 saturated heterocycles. The molecule has 1 saturated carbocycles. The van der Waals surface area contributed by atoms with Crippen LogP contribution in [0.3, 0.4) is 0 Å². The van der Waals surface area contributed by atoms with Crippen LogP contribution in [0.25, 0.3) is 0 Å². The summed E-state index contributed by atoms with van der Waals surface area (Å²) in [6, 6.07) is 18.3. The van der Waals surface area contributed by atoms with Crippen molar-refractivity contribution in [2.75, 3.05) is 49.1 Å². The Balaban J connectivity index is 1.37. The first kappa shape index (κ1) is 41.2. The van der Waals surface area contributed by atoms with Gasteiger partial charge in [0.25, 0.3) is 0 Å². The number of anilines is 2. The predicted octanol–water partition coefficient (Wildman–Crippen LogP) is 10.5. The zero-order chi connectivity index (χ0) is 40.2. The van der Waals surface area contributed by atoms with Gasteiger partial charge < -0.3 is 24.5 Å². The van der Waals surface area contributed by atoms with E-state index < -0.39 is 11.6 Å². The van der Waals surface area contributed by atoms with Crippen molar-refractivity contribution in [1.29, 1.82) is 0 Å². The number of piperidine rings is 1. The van der Waals surface area contributed by atoms with Gasteiger partial charge in [0.1, 0.15) is 18.2 Å². The average Bonchev–Trinajstić information content (AvgIpc) is 3.55. The zero-order valence-electron chi connectivity index (χ0n) is 35.9. The quantitative estimate of drug-likeness (QED) is 0.205. The van der Waals surface area contributed by atoms with Gasteiger partial charge >= 0.3 is 5.97 Å². The van der Waals surface area contributed by atoms with E-state index in [0.717, 1.165) is 71.2 Å². The van der Waals surface area contributed by atoms with E-state index in [1.165, 1.54) is 76.6 Å². The van der Waals surface area contributed by atoms with E-state index >= 15 is 0 Å². The molecule has 306 valence electrons. The molecule has 2 fully saturated rings. The van der Waals surface area contributed by atoms with Crippen molar-refractivity contribution in [1.82, 2.24) is 4.90 Å². The van der Waals surface area contributed by atoms with Gasteiger partial charge in [0.2, 0.25) is 5.71 Å². The minimum Gasteiger partial charge on any atom is -0.481 e. The summed E-state index contributed by atoms with van der Waals surface area (Å²) >= 11 is 0. The second-order valence-electron chi connectivity index (χ2n) is 17.9. The van der Waals surface area contributed by atoms with E-state index in [9.17, 15) is 9.90 Å². The van der Waals surface area contributed by atoms with Gasteiger partial charge in [-0.05, 0) is 108 Å². The number of rotatable bonds is 13. The molecular formula is C50H69N4O3+. The minimum absolute atomic E-state index is 0.0971. The van der Waals surface area contributed by atoms with Gasteiger partial charge in [-0.1, -0.05) is 82.7 Å². The smallest absolute Gasteiger partial charge is 0.303 e. The van der Waals surface area contributed by atoms with Crippen molar-refractivity contribution < 1.29 is 19.2 Å². The van der Waals surface area contributed by atoms with Gasteiger partial charge in [0.05, 0.1) is 5.70 Å². The number of para-hydroxylation sites is 2. The molecule has 4 aliphatic heterocycles. The fourth-order valence-corrected chi connectivity index (χ4v) is 10.6. The Labute approximate surface area is 343 Å². The standard InChI is InChI=1S/C50H68N4O3/c1-7-31-53-43-24-11-9-22-41(43)49(4,5)45(53)29-27-38-19-15-20-39-28-30-46-50(6,42-23-10-12-25-44(42)54(46)32-8-2)57-40(21-16-26-47(55)56)36-52(48(38)39)35-17-34-51-33-14-13-18-37(51)3/h9-12,22-25,27-30,37,40H,7-8,13-21,26,31-36H2,1-6H3/p+1. The van der Waals surface area contributed by atoms with Gasteiger partial charge in [-0.2, -0.15) is 0 Å². The molecule has 1 N–H and O–H groups in total. The number of likely N-dealkylation sites (tertiary alicyclic amines) is 1. The van der Waals surface area contributed by atoms with Crippen LogP contribution in [-0.2, 0) is 20.5 Å². The van der Waals surface area contributed by atoms with E-state index in [4.69, 9.17) is 4.74 Å². The third-order valence-electron chi connectivity index (χ3n) is 13.4. The van der Waals surface area contributed by atoms with Gasteiger partial charge in [-0.3, -0.25) is 4.79 Å². The fourth-order valence-electron chi connectivity index (χ4n) is 10.6. The third kappa shape index (κ3) is 8.48.